The number of nitrogens with zero attached hydrogens (tertiary/aromatic N) is 1. The topological polar surface area (TPSA) is 12.4 Å². The molecule has 0 saturated heterocycles. The molecule has 2 rings (SSSR count). The molecule has 0 bridgehead atoms. The molecule has 47 valence electrons. The SMILES string of the molecule is S=C1[C]=c2ccccc2=N1. The lowest BCUT2D eigenvalue weighted by Crippen LogP contribution is -2.19. The van der Waals surface area contributed by atoms with Crippen LogP contribution in [0, 0.1) is 0 Å². The molecule has 1 radical (unpaired) electrons. The van der Waals surface area contributed by atoms with Gasteiger partial charge in [-0.15, -0.1) is 0 Å². The number of fused-ring (bicyclic) bond motifs is 1. The second-order valence-electron chi connectivity index (χ2n) is 2.06. The molecule has 1 aromatic carbocycles. The minimum atomic E-state index is 0.557. The molecule has 10 heavy (non-hydrogen) atoms. The van der Waals surface area contributed by atoms with E-state index in [1.165, 1.54) is 0 Å². The predicted octanol–water partition coefficient (Wildman–Crippen LogP) is 0.305. The quantitative estimate of drug-likeness (QED) is 0.480. The summed E-state index contributed by atoms with van der Waals surface area (Å²) in [4.78, 5) is 4.63. The van der Waals surface area contributed by atoms with Crippen molar-refractivity contribution in [2.45, 2.75) is 0 Å². The summed E-state index contributed by atoms with van der Waals surface area (Å²) in [6, 6.07) is 7.78. The van der Waals surface area contributed by atoms with Crippen LogP contribution in [-0.2, 0) is 0 Å². The summed E-state index contributed by atoms with van der Waals surface area (Å²) in [5.74, 6) is 0. The van der Waals surface area contributed by atoms with E-state index in [1.807, 2.05) is 24.3 Å². The molecule has 1 aliphatic heterocycles. The first-order valence-electron chi connectivity index (χ1n) is 2.98. The van der Waals surface area contributed by atoms with Crippen molar-refractivity contribution in [1.82, 2.24) is 0 Å². The average Bonchev–Trinajstić information content (AvgIpc) is 2.27. The monoisotopic (exact) mass is 146 g/mol. The summed E-state index contributed by atoms with van der Waals surface area (Å²) >= 11 is 4.85. The number of hydrogen-bond acceptors (Lipinski definition) is 1. The molecule has 1 aromatic rings. The second kappa shape index (κ2) is 1.99. The molecular weight excluding hydrogens is 142 g/mol. The molecule has 1 aliphatic rings. The molecule has 0 unspecified atom stereocenters. The third-order valence-electron chi connectivity index (χ3n) is 1.37. The third kappa shape index (κ3) is 0.772. The molecule has 0 spiro atoms. The minimum absolute atomic E-state index is 0.557. The molecule has 0 atom stereocenters. The smallest absolute Gasteiger partial charge is 0.135 e. The Balaban J connectivity index is 2.96. The van der Waals surface area contributed by atoms with Crippen LogP contribution < -0.4 is 10.6 Å². The number of thiocarbonyl (C=S) groups is 1. The molecule has 0 aliphatic carbocycles. The van der Waals surface area contributed by atoms with Gasteiger partial charge in [-0.2, -0.15) is 0 Å². The van der Waals surface area contributed by atoms with Crippen LogP contribution >= 0.6 is 12.2 Å². The summed E-state index contributed by atoms with van der Waals surface area (Å²) < 4.78 is 0. The van der Waals surface area contributed by atoms with E-state index < -0.39 is 0 Å². The number of para-hydroxylation sites is 1. The first kappa shape index (κ1) is 5.74. The van der Waals surface area contributed by atoms with Crippen molar-refractivity contribution in [1.29, 1.82) is 0 Å². The highest BCUT2D eigenvalue weighted by Crippen LogP contribution is 1.85. The van der Waals surface area contributed by atoms with Crippen molar-refractivity contribution in [3.05, 3.63) is 34.8 Å². The summed E-state index contributed by atoms with van der Waals surface area (Å²) in [6.07, 6.45) is 2.96. The molecule has 0 saturated carbocycles. The Morgan fingerprint density at radius 3 is 2.90 bits per heavy atom. The normalized spacial score (nSPS) is 13.8. The van der Waals surface area contributed by atoms with Crippen molar-refractivity contribution in [2.75, 3.05) is 0 Å². The fourth-order valence-electron chi connectivity index (χ4n) is 0.929. The zero-order chi connectivity index (χ0) is 6.97. The van der Waals surface area contributed by atoms with Gasteiger partial charge in [0.15, 0.2) is 0 Å². The fourth-order valence-corrected chi connectivity index (χ4v) is 1.14. The van der Waals surface area contributed by atoms with Crippen molar-refractivity contribution in [2.24, 2.45) is 4.99 Å². The Kier molecular flexibility index (Phi) is 1.14. The van der Waals surface area contributed by atoms with E-state index in [9.17, 15) is 0 Å². The van der Waals surface area contributed by atoms with Crippen molar-refractivity contribution in [3.8, 4) is 0 Å². The van der Waals surface area contributed by atoms with Gasteiger partial charge in [0.05, 0.1) is 5.36 Å². The van der Waals surface area contributed by atoms with E-state index in [0.717, 1.165) is 10.6 Å². The maximum absolute atomic E-state index is 4.85. The first-order valence-corrected chi connectivity index (χ1v) is 3.39. The summed E-state index contributed by atoms with van der Waals surface area (Å²) in [5.41, 5.74) is 0. The zero-order valence-electron chi connectivity index (χ0n) is 5.16. The highest BCUT2D eigenvalue weighted by atomic mass is 32.1. The molecule has 2 heteroatoms. The highest BCUT2D eigenvalue weighted by Gasteiger charge is 1.96. The standard InChI is InChI=1S/C8H4NS/c10-8-5-6-3-1-2-4-7(6)9-8/h1-4H. The molecule has 0 aromatic heterocycles. The summed E-state index contributed by atoms with van der Waals surface area (Å²) in [7, 11) is 0. The van der Waals surface area contributed by atoms with E-state index in [2.05, 4.69) is 11.1 Å². The Bertz CT molecular complexity index is 355. The van der Waals surface area contributed by atoms with Gasteiger partial charge in [0, 0.05) is 11.3 Å². The van der Waals surface area contributed by atoms with Gasteiger partial charge < -0.3 is 0 Å². The van der Waals surface area contributed by atoms with Gasteiger partial charge in [0.25, 0.3) is 0 Å². The van der Waals surface area contributed by atoms with E-state index in [1.54, 1.807) is 0 Å². The van der Waals surface area contributed by atoms with Crippen molar-refractivity contribution in [3.63, 3.8) is 0 Å². The first-order chi connectivity index (χ1) is 4.86. The van der Waals surface area contributed by atoms with Crippen LogP contribution in [-0.4, -0.2) is 4.99 Å². The zero-order valence-corrected chi connectivity index (χ0v) is 5.98. The lowest BCUT2D eigenvalue weighted by molar-refractivity contribution is 1.41. The molecule has 1 heterocycles. The van der Waals surface area contributed by atoms with Crippen molar-refractivity contribution >= 4 is 23.3 Å². The van der Waals surface area contributed by atoms with Gasteiger partial charge in [-0.1, -0.05) is 30.4 Å². The predicted molar refractivity (Wildman–Crippen MR) is 43.2 cm³/mol. The number of hydrogen-bond donors (Lipinski definition) is 0. The van der Waals surface area contributed by atoms with Gasteiger partial charge in [-0.05, 0) is 6.07 Å². The van der Waals surface area contributed by atoms with E-state index >= 15 is 0 Å². The Morgan fingerprint density at radius 1 is 1.30 bits per heavy atom. The maximum atomic E-state index is 4.85. The van der Waals surface area contributed by atoms with E-state index in [0.29, 0.717) is 4.99 Å². The van der Waals surface area contributed by atoms with Crippen LogP contribution in [0.1, 0.15) is 0 Å². The van der Waals surface area contributed by atoms with Crippen molar-refractivity contribution < 1.29 is 0 Å². The maximum Gasteiger partial charge on any atom is 0.135 e. The fraction of sp³-hybridized carbons (Fsp3) is 0. The van der Waals surface area contributed by atoms with Gasteiger partial charge in [0.1, 0.15) is 4.99 Å². The Morgan fingerprint density at radius 2 is 2.10 bits per heavy atom. The summed E-state index contributed by atoms with van der Waals surface area (Å²) in [5, 5.41) is 1.94. The van der Waals surface area contributed by atoms with Gasteiger partial charge >= 0.3 is 0 Å². The minimum Gasteiger partial charge on any atom is -0.236 e. The second-order valence-corrected chi connectivity index (χ2v) is 2.45. The van der Waals surface area contributed by atoms with Gasteiger partial charge in [0.2, 0.25) is 0 Å². The lowest BCUT2D eigenvalue weighted by Gasteiger charge is -1.77. The van der Waals surface area contributed by atoms with E-state index in [-0.39, 0.29) is 0 Å². The molecule has 0 N–H and O–H groups in total. The Hall–Kier alpha value is -1.02. The number of rotatable bonds is 0. The molecule has 0 fully saturated rings. The van der Waals surface area contributed by atoms with Gasteiger partial charge in [-0.3, -0.25) is 0 Å². The van der Waals surface area contributed by atoms with Crippen LogP contribution in [0.15, 0.2) is 29.3 Å². The van der Waals surface area contributed by atoms with Crippen LogP contribution in [0.5, 0.6) is 0 Å². The van der Waals surface area contributed by atoms with Crippen LogP contribution in [0.3, 0.4) is 0 Å². The third-order valence-corrected chi connectivity index (χ3v) is 1.56. The summed E-state index contributed by atoms with van der Waals surface area (Å²) in [6.45, 7) is 0. The van der Waals surface area contributed by atoms with Crippen LogP contribution in [0.2, 0.25) is 0 Å². The Labute approximate surface area is 63.7 Å². The van der Waals surface area contributed by atoms with Crippen LogP contribution in [0.4, 0.5) is 0 Å². The lowest BCUT2D eigenvalue weighted by atomic mass is 10.3. The van der Waals surface area contributed by atoms with Crippen LogP contribution in [0.25, 0.3) is 6.08 Å². The largest absolute Gasteiger partial charge is 0.236 e. The molecule has 0 amide bonds. The molecular formula is C8H4NS. The highest BCUT2D eigenvalue weighted by molar-refractivity contribution is 7.81. The average molecular weight is 146 g/mol. The van der Waals surface area contributed by atoms with E-state index in [4.69, 9.17) is 12.2 Å². The number of benzene rings is 1. The van der Waals surface area contributed by atoms with Gasteiger partial charge in [-0.25, -0.2) is 4.99 Å². The molecule has 1 nitrogen and oxygen atoms in total.